The number of aryl methyl sites for hydroxylation is 5. The number of imidazole rings is 2. The van der Waals surface area contributed by atoms with E-state index in [1.165, 1.54) is 22.6 Å². The lowest BCUT2D eigenvalue weighted by Crippen LogP contribution is -2.40. The van der Waals surface area contributed by atoms with Gasteiger partial charge in [0.25, 0.3) is 11.4 Å². The summed E-state index contributed by atoms with van der Waals surface area (Å²) in [4.78, 5) is 4.71. The maximum absolute atomic E-state index is 4.71. The maximum atomic E-state index is 4.71. The molecule has 132 valence electrons. The molecular weight excluding hydrogens is 322 g/mol. The zero-order chi connectivity index (χ0) is 18.6. The topological polar surface area (TPSA) is 30.0 Å². The van der Waals surface area contributed by atoms with Gasteiger partial charge in [-0.25, -0.2) is 4.98 Å². The van der Waals surface area contributed by atoms with E-state index >= 15 is 0 Å². The summed E-state index contributed by atoms with van der Waals surface area (Å²) in [6.45, 7) is 6.30. The molecule has 0 unspecified atom stereocenters. The molecular formula is C21H25N5+2. The number of hydrogen-bond acceptors (Lipinski definition) is 1. The Kier molecular flexibility index (Phi) is 3.68. The molecule has 0 saturated heterocycles. The molecule has 4 aromatic rings. The van der Waals surface area contributed by atoms with E-state index in [0.29, 0.717) is 0 Å². The van der Waals surface area contributed by atoms with E-state index in [1.54, 1.807) is 0 Å². The minimum atomic E-state index is 0.974. The van der Waals surface area contributed by atoms with E-state index in [2.05, 4.69) is 103 Å². The molecule has 5 nitrogen and oxygen atoms in total. The molecule has 5 heteroatoms. The highest BCUT2D eigenvalue weighted by molar-refractivity contribution is 5.59. The lowest BCUT2D eigenvalue weighted by molar-refractivity contribution is -0.685. The molecule has 0 atom stereocenters. The molecule has 0 aliphatic carbocycles. The van der Waals surface area contributed by atoms with Gasteiger partial charge in [0, 0.05) is 43.2 Å². The highest BCUT2D eigenvalue weighted by Crippen LogP contribution is 2.23. The van der Waals surface area contributed by atoms with Crippen molar-refractivity contribution < 1.29 is 9.13 Å². The highest BCUT2D eigenvalue weighted by atomic mass is 15.2. The van der Waals surface area contributed by atoms with Crippen LogP contribution in [0.3, 0.4) is 0 Å². The molecule has 0 N–H and O–H groups in total. The van der Waals surface area contributed by atoms with Crippen LogP contribution in [0.15, 0.2) is 42.7 Å². The summed E-state index contributed by atoms with van der Waals surface area (Å²) in [7, 11) is 6.29. The summed E-state index contributed by atoms with van der Waals surface area (Å²) >= 11 is 0. The molecule has 0 aliphatic heterocycles. The second-order valence-corrected chi connectivity index (χ2v) is 7.08. The molecule has 0 amide bonds. The van der Waals surface area contributed by atoms with Gasteiger partial charge in [0.05, 0.1) is 5.69 Å². The quantitative estimate of drug-likeness (QED) is 0.513. The summed E-state index contributed by atoms with van der Waals surface area (Å²) in [6.07, 6.45) is 4.29. The largest absolute Gasteiger partial charge is 0.308 e. The third kappa shape index (κ3) is 2.35. The van der Waals surface area contributed by atoms with Crippen LogP contribution in [0, 0.1) is 20.8 Å². The Morgan fingerprint density at radius 3 is 2.42 bits per heavy atom. The molecule has 0 aromatic carbocycles. The monoisotopic (exact) mass is 347 g/mol. The number of aromatic nitrogens is 5. The minimum absolute atomic E-state index is 0.974. The fraction of sp³-hybridized carbons (Fsp3) is 0.286. The predicted octanol–water partition coefficient (Wildman–Crippen LogP) is 2.58. The zero-order valence-electron chi connectivity index (χ0n) is 16.3. The number of nitrogens with zero attached hydrogens (tertiary/aromatic N) is 5. The minimum Gasteiger partial charge on any atom is -0.308 e. The van der Waals surface area contributed by atoms with Gasteiger partial charge in [-0.15, -0.1) is 0 Å². The summed E-state index contributed by atoms with van der Waals surface area (Å²) in [5.74, 6) is 0.974. The Hall–Kier alpha value is -2.95. The third-order valence-corrected chi connectivity index (χ3v) is 5.34. The second kappa shape index (κ2) is 5.80. The van der Waals surface area contributed by atoms with Crippen LogP contribution < -0.4 is 9.13 Å². The highest BCUT2D eigenvalue weighted by Gasteiger charge is 2.25. The molecule has 0 bridgehead atoms. The van der Waals surface area contributed by atoms with Crippen molar-refractivity contribution in [3.8, 4) is 22.8 Å². The van der Waals surface area contributed by atoms with Gasteiger partial charge in [-0.05, 0) is 32.4 Å². The Balaban J connectivity index is 1.94. The van der Waals surface area contributed by atoms with Crippen molar-refractivity contribution in [3.63, 3.8) is 0 Å². The predicted molar refractivity (Wildman–Crippen MR) is 102 cm³/mol. The van der Waals surface area contributed by atoms with Crippen LogP contribution in [0.1, 0.15) is 17.0 Å². The molecule has 0 aliphatic rings. The molecule has 4 heterocycles. The average Bonchev–Trinajstić information content (AvgIpc) is 3.08. The molecule has 0 spiro atoms. The molecule has 4 rings (SSSR count). The van der Waals surface area contributed by atoms with Crippen LogP contribution in [-0.2, 0) is 21.1 Å². The summed E-state index contributed by atoms with van der Waals surface area (Å²) in [6, 6.07) is 10.8. The van der Waals surface area contributed by atoms with Gasteiger partial charge in [0.15, 0.2) is 6.20 Å². The maximum Gasteiger partial charge on any atom is 0.277 e. The van der Waals surface area contributed by atoms with Gasteiger partial charge >= 0.3 is 0 Å². The van der Waals surface area contributed by atoms with E-state index in [9.17, 15) is 0 Å². The molecule has 0 radical (unpaired) electrons. The summed E-state index contributed by atoms with van der Waals surface area (Å²) in [5, 5.41) is 0. The summed E-state index contributed by atoms with van der Waals surface area (Å²) in [5.41, 5.74) is 8.20. The first kappa shape index (κ1) is 16.5. The first-order chi connectivity index (χ1) is 12.4. The second-order valence-electron chi connectivity index (χ2n) is 7.08. The Morgan fingerprint density at radius 1 is 0.962 bits per heavy atom. The van der Waals surface area contributed by atoms with Gasteiger partial charge < -0.3 is 4.57 Å². The lowest BCUT2D eigenvalue weighted by atomic mass is 10.1. The van der Waals surface area contributed by atoms with Crippen molar-refractivity contribution in [3.05, 3.63) is 59.7 Å². The van der Waals surface area contributed by atoms with Crippen LogP contribution in [0.25, 0.3) is 28.6 Å². The number of rotatable bonds is 2. The van der Waals surface area contributed by atoms with Gasteiger partial charge in [-0.2, -0.15) is 9.13 Å². The molecule has 4 aromatic heterocycles. The Bertz CT molecular complexity index is 1150. The SMILES string of the molecule is Cc1cc[n+](C)c(-c2cccc(-c3cn4c(C)c(C)nc4n3C)[n+]2C)c1. The fourth-order valence-corrected chi connectivity index (χ4v) is 3.58. The first-order valence-corrected chi connectivity index (χ1v) is 8.85. The van der Waals surface area contributed by atoms with Gasteiger partial charge in [0.2, 0.25) is 11.5 Å². The Morgan fingerprint density at radius 2 is 1.69 bits per heavy atom. The van der Waals surface area contributed by atoms with Crippen LogP contribution in [0.2, 0.25) is 0 Å². The number of hydrogen-bond donors (Lipinski definition) is 0. The van der Waals surface area contributed by atoms with Crippen molar-refractivity contribution in [2.75, 3.05) is 0 Å². The normalized spacial score (nSPS) is 11.5. The third-order valence-electron chi connectivity index (χ3n) is 5.34. The van der Waals surface area contributed by atoms with Crippen LogP contribution >= 0.6 is 0 Å². The zero-order valence-corrected chi connectivity index (χ0v) is 16.3. The smallest absolute Gasteiger partial charge is 0.277 e. The van der Waals surface area contributed by atoms with E-state index in [0.717, 1.165) is 22.9 Å². The lowest BCUT2D eigenvalue weighted by Gasteiger charge is -2.05. The van der Waals surface area contributed by atoms with Crippen LogP contribution in [0.5, 0.6) is 0 Å². The Labute approximate surface area is 153 Å². The van der Waals surface area contributed by atoms with E-state index in [4.69, 9.17) is 4.98 Å². The van der Waals surface area contributed by atoms with Gasteiger partial charge in [-0.1, -0.05) is 0 Å². The summed E-state index contributed by atoms with van der Waals surface area (Å²) < 4.78 is 8.75. The van der Waals surface area contributed by atoms with Crippen LogP contribution in [0.4, 0.5) is 0 Å². The standard InChI is InChI=1S/C21H25N5/c1-14-10-11-23(4)19(12-14)17-8-7-9-18(24(17)5)20-13-26-16(3)15(2)22-21(26)25(20)6/h7-13H,1-6H3/q+2. The van der Waals surface area contributed by atoms with Crippen molar-refractivity contribution in [1.82, 2.24) is 14.0 Å². The van der Waals surface area contributed by atoms with Crippen molar-refractivity contribution in [2.24, 2.45) is 21.1 Å². The van der Waals surface area contributed by atoms with E-state index in [1.807, 2.05) is 0 Å². The van der Waals surface area contributed by atoms with Crippen molar-refractivity contribution in [1.29, 1.82) is 0 Å². The van der Waals surface area contributed by atoms with Crippen molar-refractivity contribution >= 4 is 5.78 Å². The molecule has 0 saturated carbocycles. The van der Waals surface area contributed by atoms with Crippen LogP contribution in [-0.4, -0.2) is 14.0 Å². The fourth-order valence-electron chi connectivity index (χ4n) is 3.58. The van der Waals surface area contributed by atoms with Gasteiger partial charge in [0.1, 0.15) is 19.8 Å². The van der Waals surface area contributed by atoms with Gasteiger partial charge in [-0.3, -0.25) is 4.40 Å². The van der Waals surface area contributed by atoms with E-state index < -0.39 is 0 Å². The first-order valence-electron chi connectivity index (χ1n) is 8.85. The molecule has 0 fully saturated rings. The van der Waals surface area contributed by atoms with E-state index in [-0.39, 0.29) is 0 Å². The number of fused-ring (bicyclic) bond motifs is 1. The average molecular weight is 347 g/mol. The van der Waals surface area contributed by atoms with Crippen molar-refractivity contribution in [2.45, 2.75) is 20.8 Å². The number of pyridine rings is 2. The molecule has 26 heavy (non-hydrogen) atoms.